The lowest BCUT2D eigenvalue weighted by atomic mass is 10.0. The van der Waals surface area contributed by atoms with Crippen molar-refractivity contribution >= 4 is 5.69 Å². The molecule has 1 aromatic heterocycles. The zero-order valence-electron chi connectivity index (χ0n) is 11.7. The maximum absolute atomic E-state index is 9.52. The number of hydrogen-bond donors (Lipinski definition) is 1. The summed E-state index contributed by atoms with van der Waals surface area (Å²) in [5, 5.41) is 13.9. The third-order valence-electron chi connectivity index (χ3n) is 3.69. The summed E-state index contributed by atoms with van der Waals surface area (Å²) in [6.07, 6.45) is 2.55. The van der Waals surface area contributed by atoms with E-state index >= 15 is 0 Å². The van der Waals surface area contributed by atoms with Crippen LogP contribution in [0, 0.1) is 11.3 Å². The first-order valence-corrected chi connectivity index (χ1v) is 6.74. The number of hydrogen-bond acceptors (Lipinski definition) is 5. The Bertz CT molecular complexity index is 696. The van der Waals surface area contributed by atoms with Crippen molar-refractivity contribution in [3.05, 3.63) is 30.1 Å². The highest BCUT2D eigenvalue weighted by Crippen LogP contribution is 2.37. The molecule has 1 aromatic carbocycles. The summed E-state index contributed by atoms with van der Waals surface area (Å²) in [5.74, 6) is 0.566. The first-order valence-electron chi connectivity index (χ1n) is 6.74. The summed E-state index contributed by atoms with van der Waals surface area (Å²) in [6.45, 7) is 1.29. The molecule has 0 unspecified atom stereocenters. The maximum atomic E-state index is 9.52. The SMILES string of the molecule is COc1c(N)cccc1-c1cnn([C@@H]2CCOC2)c1C#N. The van der Waals surface area contributed by atoms with Gasteiger partial charge in [-0.3, -0.25) is 0 Å². The molecule has 108 valence electrons. The average molecular weight is 284 g/mol. The minimum atomic E-state index is 0.112. The van der Waals surface area contributed by atoms with Crippen LogP contribution in [0.2, 0.25) is 0 Å². The van der Waals surface area contributed by atoms with E-state index in [1.807, 2.05) is 12.1 Å². The molecule has 1 aliphatic heterocycles. The minimum Gasteiger partial charge on any atom is -0.494 e. The zero-order chi connectivity index (χ0) is 14.8. The van der Waals surface area contributed by atoms with Gasteiger partial charge in [-0.25, -0.2) is 4.68 Å². The Balaban J connectivity index is 2.12. The smallest absolute Gasteiger partial charge is 0.149 e. The fourth-order valence-corrected chi connectivity index (χ4v) is 2.66. The predicted molar refractivity (Wildman–Crippen MR) is 77.8 cm³/mol. The lowest BCUT2D eigenvalue weighted by Gasteiger charge is -2.12. The number of nitrogens with two attached hydrogens (primary N) is 1. The van der Waals surface area contributed by atoms with Gasteiger partial charge in [0.05, 0.1) is 31.6 Å². The van der Waals surface area contributed by atoms with Gasteiger partial charge < -0.3 is 15.2 Å². The normalized spacial score (nSPS) is 17.6. The fraction of sp³-hybridized carbons (Fsp3) is 0.333. The van der Waals surface area contributed by atoms with Gasteiger partial charge in [-0.2, -0.15) is 10.4 Å². The molecule has 0 amide bonds. The van der Waals surface area contributed by atoms with Gasteiger partial charge in [-0.05, 0) is 12.5 Å². The monoisotopic (exact) mass is 284 g/mol. The van der Waals surface area contributed by atoms with E-state index in [9.17, 15) is 5.26 Å². The van der Waals surface area contributed by atoms with Gasteiger partial charge in [0, 0.05) is 17.7 Å². The molecule has 3 rings (SSSR count). The van der Waals surface area contributed by atoms with Crippen molar-refractivity contribution in [3.63, 3.8) is 0 Å². The maximum Gasteiger partial charge on any atom is 0.149 e. The molecule has 6 nitrogen and oxygen atoms in total. The highest BCUT2D eigenvalue weighted by atomic mass is 16.5. The molecule has 1 atom stereocenters. The summed E-state index contributed by atoms with van der Waals surface area (Å²) >= 11 is 0. The van der Waals surface area contributed by atoms with Gasteiger partial charge in [0.15, 0.2) is 0 Å². The second-order valence-electron chi connectivity index (χ2n) is 4.91. The van der Waals surface area contributed by atoms with E-state index in [0.717, 1.165) is 17.5 Å². The van der Waals surface area contributed by atoms with Crippen molar-refractivity contribution in [1.82, 2.24) is 9.78 Å². The Kier molecular flexibility index (Phi) is 3.50. The molecule has 2 heterocycles. The Hall–Kier alpha value is -2.52. The van der Waals surface area contributed by atoms with E-state index in [-0.39, 0.29) is 6.04 Å². The number of methoxy groups -OCH3 is 1. The van der Waals surface area contributed by atoms with Crippen molar-refractivity contribution in [3.8, 4) is 22.9 Å². The Labute approximate surface area is 122 Å². The molecule has 0 aliphatic carbocycles. The van der Waals surface area contributed by atoms with Gasteiger partial charge in [0.1, 0.15) is 17.5 Å². The quantitative estimate of drug-likeness (QED) is 0.871. The topological polar surface area (TPSA) is 86.1 Å². The number of rotatable bonds is 3. The molecule has 0 radical (unpaired) electrons. The largest absolute Gasteiger partial charge is 0.494 e. The standard InChI is InChI=1S/C15H16N4O2/c1-20-15-11(3-2-4-13(15)17)12-8-18-19(14(12)7-16)10-5-6-21-9-10/h2-4,8,10H,5-6,9,17H2,1H3/t10-/m1/s1. The van der Waals surface area contributed by atoms with Gasteiger partial charge >= 0.3 is 0 Å². The summed E-state index contributed by atoms with van der Waals surface area (Å²) in [6, 6.07) is 7.83. The minimum absolute atomic E-state index is 0.112. The molecule has 1 fully saturated rings. The lowest BCUT2D eigenvalue weighted by molar-refractivity contribution is 0.184. The molecule has 2 N–H and O–H groups in total. The summed E-state index contributed by atoms with van der Waals surface area (Å²) < 4.78 is 12.5. The number of nitrogen functional groups attached to an aromatic ring is 1. The van der Waals surface area contributed by atoms with Crippen LogP contribution >= 0.6 is 0 Å². The summed E-state index contributed by atoms with van der Waals surface area (Å²) in [7, 11) is 1.57. The van der Waals surface area contributed by atoms with Gasteiger partial charge in [-0.15, -0.1) is 0 Å². The molecule has 0 spiro atoms. The highest BCUT2D eigenvalue weighted by Gasteiger charge is 2.24. The fourth-order valence-electron chi connectivity index (χ4n) is 2.66. The number of benzene rings is 1. The number of para-hydroxylation sites is 1. The third-order valence-corrected chi connectivity index (χ3v) is 3.69. The van der Waals surface area contributed by atoms with Crippen LogP contribution < -0.4 is 10.5 Å². The van der Waals surface area contributed by atoms with Crippen LogP contribution in [0.5, 0.6) is 5.75 Å². The molecule has 1 aliphatic rings. The van der Waals surface area contributed by atoms with E-state index in [4.69, 9.17) is 15.2 Å². The average Bonchev–Trinajstić information content (AvgIpc) is 3.15. The van der Waals surface area contributed by atoms with Gasteiger partial charge in [0.2, 0.25) is 0 Å². The molecular formula is C15H16N4O2. The van der Waals surface area contributed by atoms with E-state index in [2.05, 4.69) is 11.2 Å². The summed E-state index contributed by atoms with van der Waals surface area (Å²) in [4.78, 5) is 0. The predicted octanol–water partition coefficient (Wildman–Crippen LogP) is 1.97. The Morgan fingerprint density at radius 1 is 1.48 bits per heavy atom. The van der Waals surface area contributed by atoms with Crippen LogP contribution in [0.4, 0.5) is 5.69 Å². The number of ether oxygens (including phenoxy) is 2. The van der Waals surface area contributed by atoms with Crippen LogP contribution in [0.15, 0.2) is 24.4 Å². The molecule has 1 saturated heterocycles. The number of anilines is 1. The van der Waals surface area contributed by atoms with Crippen LogP contribution in [-0.4, -0.2) is 30.1 Å². The first kappa shape index (κ1) is 13.5. The molecule has 0 saturated carbocycles. The second-order valence-corrected chi connectivity index (χ2v) is 4.91. The van der Waals surface area contributed by atoms with Crippen molar-refractivity contribution in [1.29, 1.82) is 5.26 Å². The Morgan fingerprint density at radius 2 is 2.33 bits per heavy atom. The first-order chi connectivity index (χ1) is 10.3. The number of nitrogens with zero attached hydrogens (tertiary/aromatic N) is 3. The van der Waals surface area contributed by atoms with Gasteiger partial charge in [0.25, 0.3) is 0 Å². The summed E-state index contributed by atoms with van der Waals surface area (Å²) in [5.41, 5.74) is 8.49. The van der Waals surface area contributed by atoms with E-state index in [1.54, 1.807) is 24.1 Å². The second kappa shape index (κ2) is 5.46. The van der Waals surface area contributed by atoms with Crippen LogP contribution in [0.3, 0.4) is 0 Å². The molecule has 6 heteroatoms. The van der Waals surface area contributed by atoms with Crippen LogP contribution in [0.1, 0.15) is 18.2 Å². The van der Waals surface area contributed by atoms with E-state index in [1.165, 1.54) is 0 Å². The third kappa shape index (κ3) is 2.22. The highest BCUT2D eigenvalue weighted by molar-refractivity contribution is 5.79. The van der Waals surface area contributed by atoms with Crippen molar-refractivity contribution in [2.75, 3.05) is 26.1 Å². The molecule has 2 aromatic rings. The number of nitriles is 1. The Morgan fingerprint density at radius 3 is 3.00 bits per heavy atom. The van der Waals surface area contributed by atoms with Crippen molar-refractivity contribution in [2.45, 2.75) is 12.5 Å². The zero-order valence-corrected chi connectivity index (χ0v) is 11.7. The van der Waals surface area contributed by atoms with E-state index in [0.29, 0.717) is 30.3 Å². The van der Waals surface area contributed by atoms with Crippen LogP contribution in [0.25, 0.3) is 11.1 Å². The number of aromatic nitrogens is 2. The molecule has 21 heavy (non-hydrogen) atoms. The molecule has 0 bridgehead atoms. The van der Waals surface area contributed by atoms with Crippen LogP contribution in [-0.2, 0) is 4.74 Å². The molecular weight excluding hydrogens is 268 g/mol. The van der Waals surface area contributed by atoms with Crippen molar-refractivity contribution < 1.29 is 9.47 Å². The van der Waals surface area contributed by atoms with E-state index < -0.39 is 0 Å². The van der Waals surface area contributed by atoms with Gasteiger partial charge in [-0.1, -0.05) is 12.1 Å². The van der Waals surface area contributed by atoms with Crippen molar-refractivity contribution in [2.24, 2.45) is 0 Å². The lowest BCUT2D eigenvalue weighted by Crippen LogP contribution is -2.12.